The summed E-state index contributed by atoms with van der Waals surface area (Å²) in [6.45, 7) is 0. The minimum Gasteiger partial charge on any atom is -0.308 e. The molecule has 0 fully saturated rings. The molecule has 0 amide bonds. The van der Waals surface area contributed by atoms with Crippen LogP contribution in [0.4, 0.5) is 17.1 Å². The van der Waals surface area contributed by atoms with Gasteiger partial charge in [0.1, 0.15) is 5.65 Å². The molecule has 4 heteroatoms. The highest BCUT2D eigenvalue weighted by molar-refractivity contribution is 6.10. The van der Waals surface area contributed by atoms with E-state index in [1.165, 1.54) is 21.9 Å². The van der Waals surface area contributed by atoms with Crippen LogP contribution >= 0.6 is 0 Å². The smallest absolute Gasteiger partial charge is 0.146 e. The molecule has 1 aliphatic heterocycles. The van der Waals surface area contributed by atoms with E-state index >= 15 is 0 Å². The van der Waals surface area contributed by atoms with Gasteiger partial charge in [0.25, 0.3) is 0 Å². The minimum atomic E-state index is 0.914. The van der Waals surface area contributed by atoms with E-state index in [9.17, 15) is 0 Å². The van der Waals surface area contributed by atoms with Gasteiger partial charge in [0, 0.05) is 52.7 Å². The fraction of sp³-hybridized carbons (Fsp3) is 0. The third-order valence-corrected chi connectivity index (χ3v) is 8.72. The first kappa shape index (κ1) is 24.6. The van der Waals surface area contributed by atoms with Crippen molar-refractivity contribution >= 4 is 38.9 Å². The van der Waals surface area contributed by atoms with Crippen molar-refractivity contribution in [3.63, 3.8) is 0 Å². The molecule has 9 rings (SSSR count). The van der Waals surface area contributed by atoms with Gasteiger partial charge in [0.2, 0.25) is 0 Å². The molecule has 0 saturated carbocycles. The number of aromatic nitrogens is 3. The molecule has 0 unspecified atom stereocenters. The number of para-hydroxylation sites is 1. The zero-order valence-electron chi connectivity index (χ0n) is 23.8. The van der Waals surface area contributed by atoms with E-state index in [2.05, 4.69) is 154 Å². The maximum atomic E-state index is 5.10. The van der Waals surface area contributed by atoms with Crippen LogP contribution in [0.1, 0.15) is 0 Å². The van der Waals surface area contributed by atoms with Crippen LogP contribution in [0.2, 0.25) is 0 Å². The lowest BCUT2D eigenvalue weighted by molar-refractivity contribution is 1.09. The van der Waals surface area contributed by atoms with Crippen LogP contribution in [-0.4, -0.2) is 14.5 Å². The van der Waals surface area contributed by atoms with Gasteiger partial charge in [-0.3, -0.25) is 4.98 Å². The Morgan fingerprint density at radius 2 is 1.20 bits per heavy atom. The number of anilines is 3. The van der Waals surface area contributed by atoms with Gasteiger partial charge < -0.3 is 9.47 Å². The van der Waals surface area contributed by atoms with Crippen molar-refractivity contribution in [1.29, 1.82) is 0 Å². The Morgan fingerprint density at radius 1 is 0.477 bits per heavy atom. The fourth-order valence-electron chi connectivity index (χ4n) is 6.71. The van der Waals surface area contributed by atoms with E-state index in [-0.39, 0.29) is 0 Å². The number of nitrogens with zero attached hydrogens (tertiary/aromatic N) is 4. The van der Waals surface area contributed by atoms with Gasteiger partial charge in [0.05, 0.1) is 11.4 Å². The number of hydrogen-bond acceptors (Lipinski definition) is 3. The maximum Gasteiger partial charge on any atom is 0.146 e. The summed E-state index contributed by atoms with van der Waals surface area (Å²) in [5, 5.41) is 3.59. The Kier molecular flexibility index (Phi) is 5.47. The summed E-state index contributed by atoms with van der Waals surface area (Å²) in [5.41, 5.74) is 12.2. The quantitative estimate of drug-likeness (QED) is 0.215. The highest BCUT2D eigenvalue weighted by Crippen LogP contribution is 2.52. The summed E-state index contributed by atoms with van der Waals surface area (Å²) in [6, 6.07) is 47.3. The van der Waals surface area contributed by atoms with Crippen molar-refractivity contribution in [1.82, 2.24) is 14.5 Å². The molecule has 0 saturated heterocycles. The summed E-state index contributed by atoms with van der Waals surface area (Å²) in [6.07, 6.45) is 8.03. The van der Waals surface area contributed by atoms with Crippen LogP contribution < -0.4 is 4.90 Å². The van der Waals surface area contributed by atoms with Crippen LogP contribution in [0.3, 0.4) is 0 Å². The minimum absolute atomic E-state index is 0.914. The standard InChI is InChI=1S/C40H26N4/c1-2-11-30(12-3-1)44-38-21-23-41-25-36(38)33-14-6-7-15-34(33)37-26-42-40-35(39(37)44)22-24-43(40)29-19-17-28(18-20-29)32-16-8-10-27-9-4-5-13-31(27)32/h1-26H. The molecule has 0 atom stereocenters. The topological polar surface area (TPSA) is 34.0 Å². The van der Waals surface area contributed by atoms with Gasteiger partial charge in [-0.2, -0.15) is 0 Å². The van der Waals surface area contributed by atoms with E-state index in [1.54, 1.807) is 0 Å². The van der Waals surface area contributed by atoms with Crippen molar-refractivity contribution in [3.8, 4) is 39.1 Å². The summed E-state index contributed by atoms with van der Waals surface area (Å²) >= 11 is 0. The number of pyridine rings is 2. The Bertz CT molecular complexity index is 2330. The molecule has 44 heavy (non-hydrogen) atoms. The van der Waals surface area contributed by atoms with Crippen molar-refractivity contribution < 1.29 is 0 Å². The number of fused-ring (bicyclic) bond motifs is 8. The first-order valence-electron chi connectivity index (χ1n) is 14.8. The predicted octanol–water partition coefficient (Wildman–Crippen LogP) is 10.4. The summed E-state index contributed by atoms with van der Waals surface area (Å²) in [7, 11) is 0. The third kappa shape index (κ3) is 3.71. The van der Waals surface area contributed by atoms with E-state index in [0.29, 0.717) is 0 Å². The average molecular weight is 563 g/mol. The molecule has 1 aliphatic rings. The van der Waals surface area contributed by atoms with Crippen molar-refractivity contribution in [2.45, 2.75) is 0 Å². The Hall–Kier alpha value is -6.00. The number of benzene rings is 5. The molecule has 0 aliphatic carbocycles. The van der Waals surface area contributed by atoms with Crippen molar-refractivity contribution in [2.75, 3.05) is 4.90 Å². The van der Waals surface area contributed by atoms with Crippen molar-refractivity contribution in [2.24, 2.45) is 0 Å². The molecule has 8 aromatic rings. The van der Waals surface area contributed by atoms with E-state index in [1.807, 2.05) is 18.6 Å². The van der Waals surface area contributed by atoms with Crippen molar-refractivity contribution in [3.05, 3.63) is 158 Å². The van der Waals surface area contributed by atoms with Gasteiger partial charge in [-0.05, 0) is 69.4 Å². The highest BCUT2D eigenvalue weighted by Gasteiger charge is 2.29. The predicted molar refractivity (Wildman–Crippen MR) is 181 cm³/mol. The number of hydrogen-bond donors (Lipinski definition) is 0. The highest BCUT2D eigenvalue weighted by atomic mass is 15.2. The fourth-order valence-corrected chi connectivity index (χ4v) is 6.71. The van der Waals surface area contributed by atoms with Gasteiger partial charge >= 0.3 is 0 Å². The first-order chi connectivity index (χ1) is 21.8. The second-order valence-corrected chi connectivity index (χ2v) is 11.1. The van der Waals surface area contributed by atoms with Gasteiger partial charge in [-0.25, -0.2) is 4.98 Å². The van der Waals surface area contributed by atoms with Crippen LogP contribution in [0, 0.1) is 0 Å². The van der Waals surface area contributed by atoms with Gasteiger partial charge in [-0.1, -0.05) is 97.1 Å². The average Bonchev–Trinajstić information content (AvgIpc) is 3.48. The Balaban J connectivity index is 1.25. The zero-order chi connectivity index (χ0) is 29.0. The third-order valence-electron chi connectivity index (χ3n) is 8.72. The molecular formula is C40H26N4. The van der Waals surface area contributed by atoms with E-state index in [4.69, 9.17) is 4.98 Å². The molecule has 5 aromatic carbocycles. The van der Waals surface area contributed by atoms with Crippen LogP contribution in [0.25, 0.3) is 60.9 Å². The normalized spacial score (nSPS) is 12.0. The second-order valence-electron chi connectivity index (χ2n) is 11.1. The number of rotatable bonds is 3. The molecule has 0 N–H and O–H groups in total. The summed E-state index contributed by atoms with van der Waals surface area (Å²) < 4.78 is 2.19. The molecule has 0 bridgehead atoms. The molecule has 0 radical (unpaired) electrons. The monoisotopic (exact) mass is 562 g/mol. The molecule has 206 valence electrons. The molecule has 3 aromatic heterocycles. The van der Waals surface area contributed by atoms with Gasteiger partial charge in [0.15, 0.2) is 0 Å². The maximum absolute atomic E-state index is 5.10. The Labute approximate surface area is 255 Å². The molecule has 4 nitrogen and oxygen atoms in total. The van der Waals surface area contributed by atoms with E-state index < -0.39 is 0 Å². The zero-order valence-corrected chi connectivity index (χ0v) is 23.8. The molecular weight excluding hydrogens is 536 g/mol. The molecule has 0 spiro atoms. The van der Waals surface area contributed by atoms with Crippen LogP contribution in [-0.2, 0) is 0 Å². The SMILES string of the molecule is c1ccc(N2c3ccncc3-c3ccccc3-c3cnc4c(ccn4-c4ccc(-c5cccc6ccccc56)cc4)c32)cc1. The van der Waals surface area contributed by atoms with Crippen LogP contribution in [0.5, 0.6) is 0 Å². The lowest BCUT2D eigenvalue weighted by Gasteiger charge is -2.27. The molecule has 4 heterocycles. The summed E-state index contributed by atoms with van der Waals surface area (Å²) in [4.78, 5) is 12.0. The lowest BCUT2D eigenvalue weighted by atomic mass is 9.96. The van der Waals surface area contributed by atoms with E-state index in [0.717, 1.165) is 56.0 Å². The first-order valence-corrected chi connectivity index (χ1v) is 14.8. The van der Waals surface area contributed by atoms with Crippen LogP contribution in [0.15, 0.2) is 158 Å². The lowest BCUT2D eigenvalue weighted by Crippen LogP contribution is -2.11. The Morgan fingerprint density at radius 3 is 2.07 bits per heavy atom. The summed E-state index contributed by atoms with van der Waals surface area (Å²) in [5.74, 6) is 0. The second kappa shape index (κ2) is 9.79. The largest absolute Gasteiger partial charge is 0.308 e. The van der Waals surface area contributed by atoms with Gasteiger partial charge in [-0.15, -0.1) is 0 Å².